The first-order valence-corrected chi connectivity index (χ1v) is 11.3. The van der Waals surface area contributed by atoms with Gasteiger partial charge in [-0.1, -0.05) is 25.1 Å². The van der Waals surface area contributed by atoms with Crippen LogP contribution in [0.2, 0.25) is 0 Å². The van der Waals surface area contributed by atoms with Crippen molar-refractivity contribution in [1.29, 1.82) is 0 Å². The molecule has 0 spiro atoms. The van der Waals surface area contributed by atoms with Gasteiger partial charge < -0.3 is 24.4 Å². The topological polar surface area (TPSA) is 77.1 Å². The van der Waals surface area contributed by atoms with E-state index in [2.05, 4.69) is 5.32 Å². The van der Waals surface area contributed by atoms with Crippen molar-refractivity contribution in [3.05, 3.63) is 53.6 Å². The zero-order valence-electron chi connectivity index (χ0n) is 20.5. The molecule has 0 saturated heterocycles. The fourth-order valence-electron chi connectivity index (χ4n) is 3.70. The molecule has 2 rings (SSSR count). The van der Waals surface area contributed by atoms with Gasteiger partial charge in [-0.3, -0.25) is 9.59 Å². The zero-order chi connectivity index (χ0) is 24.4. The van der Waals surface area contributed by atoms with Gasteiger partial charge in [0.2, 0.25) is 11.8 Å². The molecule has 33 heavy (non-hydrogen) atoms. The Morgan fingerprint density at radius 1 is 0.939 bits per heavy atom. The number of nitrogens with zero attached hydrogens (tertiary/aromatic N) is 1. The number of hydrogen-bond acceptors (Lipinski definition) is 5. The molecule has 1 atom stereocenters. The fourth-order valence-corrected chi connectivity index (χ4v) is 3.70. The van der Waals surface area contributed by atoms with Gasteiger partial charge in [-0.05, 0) is 62.1 Å². The second-order valence-corrected chi connectivity index (χ2v) is 8.15. The normalized spacial score (nSPS) is 11.6. The lowest BCUT2D eigenvalue weighted by molar-refractivity contribution is -0.141. The molecule has 1 N–H and O–H groups in total. The van der Waals surface area contributed by atoms with Gasteiger partial charge in [-0.25, -0.2) is 0 Å². The summed E-state index contributed by atoms with van der Waals surface area (Å²) in [4.78, 5) is 28.0. The van der Waals surface area contributed by atoms with Crippen molar-refractivity contribution < 1.29 is 23.8 Å². The molecule has 0 unspecified atom stereocenters. The van der Waals surface area contributed by atoms with Crippen molar-refractivity contribution in [1.82, 2.24) is 10.2 Å². The highest BCUT2D eigenvalue weighted by molar-refractivity contribution is 5.87. The molecule has 0 aliphatic carbocycles. The van der Waals surface area contributed by atoms with Gasteiger partial charge in [0.1, 0.15) is 11.8 Å². The number of benzene rings is 2. The number of carbonyl (C=O) groups excluding carboxylic acids is 2. The van der Waals surface area contributed by atoms with E-state index in [0.717, 1.165) is 11.1 Å². The Bertz CT molecular complexity index is 929. The van der Waals surface area contributed by atoms with E-state index in [1.807, 2.05) is 63.2 Å². The molecule has 0 aromatic heterocycles. The number of aryl methyl sites for hydroxylation is 1. The van der Waals surface area contributed by atoms with Crippen LogP contribution >= 0.6 is 0 Å². The number of nitrogens with one attached hydrogen (secondary N) is 1. The summed E-state index contributed by atoms with van der Waals surface area (Å²) >= 11 is 0. The third kappa shape index (κ3) is 7.41. The van der Waals surface area contributed by atoms with Crippen LogP contribution in [0, 0.1) is 0 Å². The van der Waals surface area contributed by atoms with Crippen molar-refractivity contribution >= 4 is 11.8 Å². The lowest BCUT2D eigenvalue weighted by Crippen LogP contribution is -2.50. The van der Waals surface area contributed by atoms with Gasteiger partial charge in [0.25, 0.3) is 0 Å². The molecule has 0 radical (unpaired) electrons. The molecular formula is C26H36N2O5. The van der Waals surface area contributed by atoms with Crippen molar-refractivity contribution in [3.8, 4) is 17.2 Å². The lowest BCUT2D eigenvalue weighted by Gasteiger charge is -2.31. The third-order valence-corrected chi connectivity index (χ3v) is 5.38. The molecule has 7 heteroatoms. The SMILES string of the molecule is CC[C@H](C(=O)NC(C)C)N(Cc1cccc(OC)c1)C(=O)CCc1ccc(OC)c(OC)c1. The fraction of sp³-hybridized carbons (Fsp3) is 0.462. The number of amides is 2. The standard InChI is InChI=1S/C26H36N2O5/c1-7-22(26(30)27-18(2)3)28(17-20-9-8-10-21(15-20)31-4)25(29)14-12-19-11-13-23(32-5)24(16-19)33-6/h8-11,13,15-16,18,22H,7,12,14,17H2,1-6H3,(H,27,30)/t22-/m1/s1. The number of ether oxygens (including phenoxy) is 3. The average Bonchev–Trinajstić information content (AvgIpc) is 2.81. The number of methoxy groups -OCH3 is 3. The Balaban J connectivity index is 2.25. The lowest BCUT2D eigenvalue weighted by atomic mass is 10.1. The average molecular weight is 457 g/mol. The van der Waals surface area contributed by atoms with Crippen molar-refractivity contribution in [3.63, 3.8) is 0 Å². The van der Waals surface area contributed by atoms with Crippen LogP contribution in [0.3, 0.4) is 0 Å². The van der Waals surface area contributed by atoms with Crippen molar-refractivity contribution in [2.75, 3.05) is 21.3 Å². The van der Waals surface area contributed by atoms with E-state index >= 15 is 0 Å². The summed E-state index contributed by atoms with van der Waals surface area (Å²) in [6.07, 6.45) is 1.31. The zero-order valence-corrected chi connectivity index (χ0v) is 20.5. The van der Waals surface area contributed by atoms with E-state index in [0.29, 0.717) is 36.6 Å². The highest BCUT2D eigenvalue weighted by Gasteiger charge is 2.28. The van der Waals surface area contributed by atoms with E-state index in [1.165, 1.54) is 0 Å². The Morgan fingerprint density at radius 3 is 2.27 bits per heavy atom. The van der Waals surface area contributed by atoms with Crippen LogP contribution in [0.5, 0.6) is 17.2 Å². The first-order chi connectivity index (χ1) is 15.8. The van der Waals surface area contributed by atoms with Crippen molar-refractivity contribution in [2.24, 2.45) is 0 Å². The summed E-state index contributed by atoms with van der Waals surface area (Å²) in [5, 5.41) is 2.95. The molecule has 0 heterocycles. The summed E-state index contributed by atoms with van der Waals surface area (Å²) in [5.74, 6) is 1.75. The molecule has 2 aromatic rings. The number of hydrogen-bond donors (Lipinski definition) is 1. The molecule has 0 aliphatic rings. The summed E-state index contributed by atoms with van der Waals surface area (Å²) in [5.41, 5.74) is 1.87. The quantitative estimate of drug-likeness (QED) is 0.523. The van der Waals surface area contributed by atoms with Gasteiger partial charge in [-0.2, -0.15) is 0 Å². The molecule has 0 aliphatic heterocycles. The van der Waals surface area contributed by atoms with Gasteiger partial charge in [0.15, 0.2) is 11.5 Å². The second kappa shape index (κ2) is 12.7. The minimum absolute atomic E-state index is 0.00733. The maximum Gasteiger partial charge on any atom is 0.243 e. The number of rotatable bonds is 12. The van der Waals surface area contributed by atoms with E-state index in [-0.39, 0.29) is 24.3 Å². The molecule has 0 fully saturated rings. The monoisotopic (exact) mass is 456 g/mol. The Hall–Kier alpha value is -3.22. The van der Waals surface area contributed by atoms with Gasteiger partial charge >= 0.3 is 0 Å². The van der Waals surface area contributed by atoms with Crippen LogP contribution in [0.4, 0.5) is 0 Å². The Morgan fingerprint density at radius 2 is 1.67 bits per heavy atom. The Kier molecular flexibility index (Phi) is 10.0. The van der Waals surface area contributed by atoms with Crippen LogP contribution in [0.1, 0.15) is 44.7 Å². The molecular weight excluding hydrogens is 420 g/mol. The summed E-state index contributed by atoms with van der Waals surface area (Å²) < 4.78 is 16.0. The van der Waals surface area contributed by atoms with Crippen LogP contribution in [-0.2, 0) is 22.6 Å². The van der Waals surface area contributed by atoms with Crippen LogP contribution in [-0.4, -0.2) is 50.1 Å². The maximum absolute atomic E-state index is 13.4. The minimum atomic E-state index is -0.559. The summed E-state index contributed by atoms with van der Waals surface area (Å²) in [6.45, 7) is 6.07. The Labute approximate surface area is 197 Å². The van der Waals surface area contributed by atoms with Gasteiger partial charge in [-0.15, -0.1) is 0 Å². The second-order valence-electron chi connectivity index (χ2n) is 8.15. The van der Waals surface area contributed by atoms with E-state index in [1.54, 1.807) is 26.2 Å². The van der Waals surface area contributed by atoms with E-state index in [4.69, 9.17) is 14.2 Å². The molecule has 2 amide bonds. The van der Waals surface area contributed by atoms with Crippen LogP contribution in [0.25, 0.3) is 0 Å². The largest absolute Gasteiger partial charge is 0.497 e. The molecule has 0 bridgehead atoms. The van der Waals surface area contributed by atoms with E-state index < -0.39 is 6.04 Å². The predicted molar refractivity (Wildman–Crippen MR) is 129 cm³/mol. The minimum Gasteiger partial charge on any atom is -0.497 e. The predicted octanol–water partition coefficient (Wildman–Crippen LogP) is 3.98. The molecule has 180 valence electrons. The molecule has 2 aromatic carbocycles. The molecule has 0 saturated carbocycles. The van der Waals surface area contributed by atoms with Crippen molar-refractivity contribution in [2.45, 2.75) is 58.7 Å². The van der Waals surface area contributed by atoms with Gasteiger partial charge in [0.05, 0.1) is 21.3 Å². The molecule has 7 nitrogen and oxygen atoms in total. The van der Waals surface area contributed by atoms with E-state index in [9.17, 15) is 9.59 Å². The summed E-state index contributed by atoms with van der Waals surface area (Å²) in [6, 6.07) is 12.6. The highest BCUT2D eigenvalue weighted by atomic mass is 16.5. The smallest absolute Gasteiger partial charge is 0.243 e. The third-order valence-electron chi connectivity index (χ3n) is 5.38. The summed E-state index contributed by atoms with van der Waals surface area (Å²) in [7, 11) is 4.78. The first kappa shape index (κ1) is 26.0. The highest BCUT2D eigenvalue weighted by Crippen LogP contribution is 2.28. The maximum atomic E-state index is 13.4. The first-order valence-electron chi connectivity index (χ1n) is 11.3. The number of carbonyl (C=O) groups is 2. The van der Waals surface area contributed by atoms with Crippen LogP contribution < -0.4 is 19.5 Å². The van der Waals surface area contributed by atoms with Crippen LogP contribution in [0.15, 0.2) is 42.5 Å². The van der Waals surface area contributed by atoms with Gasteiger partial charge in [0, 0.05) is 19.0 Å².